The Kier molecular flexibility index (Phi) is 7.85. The van der Waals surface area contributed by atoms with Crippen LogP contribution in [0.3, 0.4) is 0 Å². The Hall–Kier alpha value is -4.28. The summed E-state index contributed by atoms with van der Waals surface area (Å²) < 4.78 is 25.0. The molecule has 2 atom stereocenters. The van der Waals surface area contributed by atoms with Crippen molar-refractivity contribution in [3.8, 4) is 11.6 Å². The van der Waals surface area contributed by atoms with Crippen molar-refractivity contribution >= 4 is 28.8 Å². The average molecular weight is 536 g/mol. The molecule has 2 aliphatic rings. The number of amides is 3. The molecule has 204 valence electrons. The number of carbonyl (C=O) groups is 3. The molecule has 5 rings (SSSR count). The highest BCUT2D eigenvalue weighted by Gasteiger charge is 2.38. The molecule has 0 radical (unpaired) electrons. The molecule has 39 heavy (non-hydrogen) atoms. The first kappa shape index (κ1) is 26.3. The molecule has 2 bridgehead atoms. The highest BCUT2D eigenvalue weighted by atomic mass is 19.1. The fourth-order valence-corrected chi connectivity index (χ4v) is 5.22. The van der Waals surface area contributed by atoms with E-state index < -0.39 is 11.7 Å². The van der Waals surface area contributed by atoms with Crippen molar-refractivity contribution in [2.45, 2.75) is 44.2 Å². The molecular weight excluding hydrogens is 505 g/mol. The Bertz CT molecular complexity index is 1400. The zero-order chi connectivity index (χ0) is 27.4. The lowest BCUT2D eigenvalue weighted by atomic mass is 10.1. The number of benzene rings is 2. The van der Waals surface area contributed by atoms with Gasteiger partial charge in [0.15, 0.2) is 0 Å². The molecule has 0 saturated carbocycles. The van der Waals surface area contributed by atoms with Crippen molar-refractivity contribution in [2.24, 2.45) is 0 Å². The normalized spacial score (nSPS) is 19.9. The van der Waals surface area contributed by atoms with Gasteiger partial charge >= 0.3 is 0 Å². The molecule has 1 fully saturated rings. The molecule has 0 aliphatic carbocycles. The van der Waals surface area contributed by atoms with Crippen molar-refractivity contribution < 1.29 is 28.2 Å². The minimum Gasteiger partial charge on any atom is -0.491 e. The van der Waals surface area contributed by atoms with Gasteiger partial charge in [0.25, 0.3) is 5.91 Å². The topological polar surface area (TPSA) is 123 Å². The number of halogens is 1. The summed E-state index contributed by atoms with van der Waals surface area (Å²) in [6.45, 7) is 0.488. The third-order valence-corrected chi connectivity index (χ3v) is 7.07. The van der Waals surface area contributed by atoms with Crippen molar-refractivity contribution in [3.63, 3.8) is 0 Å². The Morgan fingerprint density at radius 1 is 1.10 bits per heavy atom. The van der Waals surface area contributed by atoms with Crippen LogP contribution in [0.5, 0.6) is 11.6 Å². The van der Waals surface area contributed by atoms with Crippen LogP contribution in [0.15, 0.2) is 42.5 Å². The van der Waals surface area contributed by atoms with Crippen molar-refractivity contribution in [1.82, 2.24) is 25.5 Å². The number of ether oxygens (including phenoxy) is 2. The van der Waals surface area contributed by atoms with E-state index in [1.165, 1.54) is 19.2 Å². The second kappa shape index (κ2) is 11.6. The quantitative estimate of drug-likeness (QED) is 0.526. The van der Waals surface area contributed by atoms with E-state index in [-0.39, 0.29) is 67.7 Å². The minimum atomic E-state index is -0.563. The number of aromatic nitrogens is 2. The fraction of sp³-hybridized carbons (Fsp3) is 0.393. The number of fused-ring (bicyclic) bond motifs is 4. The molecule has 3 aromatic rings. The van der Waals surface area contributed by atoms with Gasteiger partial charge in [0.1, 0.15) is 23.9 Å². The van der Waals surface area contributed by atoms with Gasteiger partial charge < -0.3 is 25.0 Å². The Balaban J connectivity index is 1.35. The standard InChI is InChI=1S/C28H30FN5O5/c1-38-28-23(32-21-4-2-3-5-22(21)33-28)9-11-26(36)34-18-7-8-19(34)16-31-27(37)20-14-17(29)6-10-24(20)39-13-12-30-25(35)15-18/h2-6,10,14,18-19H,7-9,11-13,15-16H2,1H3,(H,30,35)(H,31,37)/t18-,19+/m0/s1. The van der Waals surface area contributed by atoms with Gasteiger partial charge in [0.2, 0.25) is 17.7 Å². The Labute approximate surface area is 224 Å². The van der Waals surface area contributed by atoms with Gasteiger partial charge in [-0.25, -0.2) is 14.4 Å². The van der Waals surface area contributed by atoms with Crippen LogP contribution >= 0.6 is 0 Å². The molecule has 10 nitrogen and oxygen atoms in total. The van der Waals surface area contributed by atoms with E-state index in [0.717, 1.165) is 6.07 Å². The van der Waals surface area contributed by atoms with Crippen LogP contribution in [-0.2, 0) is 16.0 Å². The van der Waals surface area contributed by atoms with E-state index in [4.69, 9.17) is 9.47 Å². The molecule has 3 amide bonds. The number of hydrogen-bond donors (Lipinski definition) is 2. The molecule has 1 aromatic heterocycles. The lowest BCUT2D eigenvalue weighted by Crippen LogP contribution is -2.48. The van der Waals surface area contributed by atoms with Gasteiger partial charge in [-0.2, -0.15) is 0 Å². The monoisotopic (exact) mass is 535 g/mol. The third kappa shape index (κ3) is 5.92. The van der Waals surface area contributed by atoms with Crippen molar-refractivity contribution in [2.75, 3.05) is 26.8 Å². The van der Waals surface area contributed by atoms with Crippen LogP contribution in [-0.4, -0.2) is 71.5 Å². The number of nitrogens with zero attached hydrogens (tertiary/aromatic N) is 3. The van der Waals surface area contributed by atoms with Crippen LogP contribution in [0.25, 0.3) is 11.0 Å². The Morgan fingerprint density at radius 3 is 2.67 bits per heavy atom. The number of para-hydroxylation sites is 2. The van der Waals surface area contributed by atoms with Crippen LogP contribution in [0, 0.1) is 5.82 Å². The second-order valence-corrected chi connectivity index (χ2v) is 9.61. The summed E-state index contributed by atoms with van der Waals surface area (Å²) in [7, 11) is 1.52. The van der Waals surface area contributed by atoms with E-state index in [1.54, 1.807) is 4.90 Å². The van der Waals surface area contributed by atoms with Gasteiger partial charge in [-0.05, 0) is 43.2 Å². The van der Waals surface area contributed by atoms with Crippen molar-refractivity contribution in [3.05, 3.63) is 59.5 Å². The summed E-state index contributed by atoms with van der Waals surface area (Å²) in [5.74, 6) is -0.800. The number of nitrogens with one attached hydrogen (secondary N) is 2. The highest BCUT2D eigenvalue weighted by molar-refractivity contribution is 5.97. The Morgan fingerprint density at radius 2 is 1.87 bits per heavy atom. The van der Waals surface area contributed by atoms with Crippen molar-refractivity contribution in [1.29, 1.82) is 0 Å². The number of hydrogen-bond acceptors (Lipinski definition) is 7. The van der Waals surface area contributed by atoms with Crippen LogP contribution < -0.4 is 20.1 Å². The van der Waals surface area contributed by atoms with E-state index in [0.29, 0.717) is 41.9 Å². The SMILES string of the molecule is COc1nc2ccccc2nc1CCC(=O)N1[C@@H]2CC[C@H]1CC(=O)NCCOc1ccc(F)cc1C(=O)NC2. The first-order chi connectivity index (χ1) is 18.9. The largest absolute Gasteiger partial charge is 0.491 e. The zero-order valence-electron chi connectivity index (χ0n) is 21.6. The lowest BCUT2D eigenvalue weighted by molar-refractivity contribution is -0.135. The molecule has 0 unspecified atom stereocenters. The van der Waals surface area contributed by atoms with Crippen LogP contribution in [0.2, 0.25) is 0 Å². The maximum absolute atomic E-state index is 13.9. The predicted molar refractivity (Wildman–Crippen MR) is 140 cm³/mol. The number of carbonyl (C=O) groups excluding carboxylic acids is 3. The summed E-state index contributed by atoms with van der Waals surface area (Å²) in [6.07, 6.45) is 1.83. The summed E-state index contributed by atoms with van der Waals surface area (Å²) in [5, 5.41) is 5.64. The zero-order valence-corrected chi connectivity index (χ0v) is 21.6. The summed E-state index contributed by atoms with van der Waals surface area (Å²) in [5.41, 5.74) is 2.04. The first-order valence-corrected chi connectivity index (χ1v) is 13.0. The van der Waals surface area contributed by atoms with E-state index in [9.17, 15) is 18.8 Å². The second-order valence-electron chi connectivity index (χ2n) is 9.61. The van der Waals surface area contributed by atoms with E-state index in [1.807, 2.05) is 24.3 Å². The number of methoxy groups -OCH3 is 1. The van der Waals surface area contributed by atoms with Gasteiger partial charge in [-0.1, -0.05) is 12.1 Å². The molecule has 2 aliphatic heterocycles. The summed E-state index contributed by atoms with van der Waals surface area (Å²) in [6, 6.07) is 10.5. The molecule has 11 heteroatoms. The van der Waals surface area contributed by atoms with Gasteiger partial charge in [-0.15, -0.1) is 0 Å². The van der Waals surface area contributed by atoms with Gasteiger partial charge in [-0.3, -0.25) is 14.4 Å². The average Bonchev–Trinajstić information content (AvgIpc) is 3.34. The molecule has 1 saturated heterocycles. The molecule has 3 heterocycles. The molecule has 0 spiro atoms. The van der Waals surface area contributed by atoms with E-state index >= 15 is 0 Å². The lowest BCUT2D eigenvalue weighted by Gasteiger charge is -2.31. The molecular formula is C28H30FN5O5. The summed E-state index contributed by atoms with van der Waals surface area (Å²) in [4.78, 5) is 50.1. The van der Waals surface area contributed by atoms with Gasteiger partial charge in [0.05, 0.1) is 30.3 Å². The van der Waals surface area contributed by atoms with Crippen LogP contribution in [0.1, 0.15) is 41.7 Å². The van der Waals surface area contributed by atoms with E-state index in [2.05, 4.69) is 20.6 Å². The van der Waals surface area contributed by atoms with Gasteiger partial charge in [0, 0.05) is 37.9 Å². The highest BCUT2D eigenvalue weighted by Crippen LogP contribution is 2.29. The number of rotatable bonds is 4. The smallest absolute Gasteiger partial charge is 0.255 e. The minimum absolute atomic E-state index is 0.0628. The predicted octanol–water partition coefficient (Wildman–Crippen LogP) is 2.40. The first-order valence-electron chi connectivity index (χ1n) is 13.0. The third-order valence-electron chi connectivity index (χ3n) is 7.07. The fourth-order valence-electron chi connectivity index (χ4n) is 5.22. The summed E-state index contributed by atoms with van der Waals surface area (Å²) >= 11 is 0. The van der Waals surface area contributed by atoms with Crippen LogP contribution in [0.4, 0.5) is 4.39 Å². The molecule has 2 aromatic carbocycles. The maximum Gasteiger partial charge on any atom is 0.255 e. The maximum atomic E-state index is 13.9. The number of aryl methyl sites for hydroxylation is 1. The molecule has 2 N–H and O–H groups in total.